The van der Waals surface area contributed by atoms with Crippen LogP contribution in [0.15, 0.2) is 24.3 Å². The fourth-order valence-corrected chi connectivity index (χ4v) is 6.80. The van der Waals surface area contributed by atoms with Crippen LogP contribution >= 0.6 is 0 Å². The number of hydrogen-bond acceptors (Lipinski definition) is 14. The lowest BCUT2D eigenvalue weighted by Gasteiger charge is -2.27. The van der Waals surface area contributed by atoms with Crippen LogP contribution in [-0.2, 0) is 41.5 Å². The van der Waals surface area contributed by atoms with Gasteiger partial charge in [-0.15, -0.1) is 0 Å². The number of rotatable bonds is 7. The van der Waals surface area contributed by atoms with Gasteiger partial charge in [0.05, 0.1) is 36.1 Å². The van der Waals surface area contributed by atoms with Gasteiger partial charge in [-0.1, -0.05) is 0 Å². The Bertz CT molecular complexity index is 2110. The third kappa shape index (κ3) is 6.20. The molecule has 52 heavy (non-hydrogen) atoms. The maximum absolute atomic E-state index is 13.4. The second kappa shape index (κ2) is 13.5. The normalized spacial score (nSPS) is 16.2. The number of hydrogen-bond donors (Lipinski definition) is 0. The van der Waals surface area contributed by atoms with Gasteiger partial charge in [-0.05, 0) is 60.0 Å². The first-order chi connectivity index (χ1) is 24.6. The Kier molecular flexibility index (Phi) is 9.26. The van der Waals surface area contributed by atoms with E-state index in [4.69, 9.17) is 37.9 Å². The average molecular weight is 715 g/mol. The minimum absolute atomic E-state index is 0.00518. The number of carbonyl (C=O) groups is 6. The first-order valence-corrected chi connectivity index (χ1v) is 16.2. The van der Waals surface area contributed by atoms with E-state index in [1.54, 1.807) is 38.1 Å². The Labute approximate surface area is 296 Å². The van der Waals surface area contributed by atoms with E-state index in [-0.39, 0.29) is 80.4 Å². The predicted octanol–water partition coefficient (Wildman–Crippen LogP) is 5.58. The minimum Gasteiger partial charge on any atom is -0.496 e. The molecule has 0 saturated carbocycles. The van der Waals surface area contributed by atoms with Crippen molar-refractivity contribution in [1.29, 1.82) is 0 Å². The Morgan fingerprint density at radius 3 is 1.13 bits per heavy atom. The summed E-state index contributed by atoms with van der Waals surface area (Å²) in [6.45, 7) is 8.00. The van der Waals surface area contributed by atoms with E-state index in [2.05, 4.69) is 0 Å². The number of benzene rings is 4. The van der Waals surface area contributed by atoms with Crippen molar-refractivity contribution in [2.24, 2.45) is 0 Å². The van der Waals surface area contributed by atoms with Crippen LogP contribution in [0.3, 0.4) is 0 Å². The zero-order valence-electron chi connectivity index (χ0n) is 29.6. The molecule has 2 aliphatic rings. The highest BCUT2D eigenvalue weighted by molar-refractivity contribution is 6.15. The molecular formula is C38H34O14. The van der Waals surface area contributed by atoms with Crippen molar-refractivity contribution in [2.45, 2.75) is 66.6 Å². The van der Waals surface area contributed by atoms with Gasteiger partial charge >= 0.3 is 35.8 Å². The van der Waals surface area contributed by atoms with E-state index in [9.17, 15) is 28.8 Å². The van der Waals surface area contributed by atoms with Crippen LogP contribution < -0.4 is 28.4 Å². The van der Waals surface area contributed by atoms with Crippen molar-refractivity contribution in [3.05, 3.63) is 46.5 Å². The molecule has 14 heteroatoms. The van der Waals surface area contributed by atoms with Gasteiger partial charge in [-0.2, -0.15) is 0 Å². The van der Waals surface area contributed by atoms with Gasteiger partial charge in [0.25, 0.3) is 0 Å². The van der Waals surface area contributed by atoms with Gasteiger partial charge in [0.1, 0.15) is 34.8 Å². The summed E-state index contributed by atoms with van der Waals surface area (Å²) in [5.74, 6) is -5.62. The molecule has 0 amide bonds. The van der Waals surface area contributed by atoms with Crippen LogP contribution in [-0.4, -0.2) is 62.2 Å². The first kappa shape index (κ1) is 35.6. The molecule has 0 aromatic heterocycles. The van der Waals surface area contributed by atoms with Crippen molar-refractivity contribution in [3.63, 3.8) is 0 Å². The topological polar surface area (TPSA) is 176 Å². The van der Waals surface area contributed by atoms with Crippen LogP contribution in [0.5, 0.6) is 34.5 Å². The average Bonchev–Trinajstić information content (AvgIpc) is 3.02. The second-order valence-electron chi connectivity index (χ2n) is 12.5. The third-order valence-electron chi connectivity index (χ3n) is 8.47. The van der Waals surface area contributed by atoms with Crippen molar-refractivity contribution < 1.29 is 66.7 Å². The summed E-state index contributed by atoms with van der Waals surface area (Å²) in [6, 6.07) is 6.48. The van der Waals surface area contributed by atoms with Gasteiger partial charge in [0.2, 0.25) is 0 Å². The smallest absolute Gasteiger partial charge is 0.342 e. The van der Waals surface area contributed by atoms with Crippen molar-refractivity contribution >= 4 is 57.4 Å². The lowest BCUT2D eigenvalue weighted by Crippen LogP contribution is -2.26. The van der Waals surface area contributed by atoms with Gasteiger partial charge in [-0.3, -0.25) is 19.2 Å². The lowest BCUT2D eigenvalue weighted by atomic mass is 9.88. The van der Waals surface area contributed by atoms with E-state index in [0.29, 0.717) is 21.9 Å². The maximum Gasteiger partial charge on any atom is 0.342 e. The van der Waals surface area contributed by atoms with E-state index >= 15 is 0 Å². The Morgan fingerprint density at radius 1 is 0.538 bits per heavy atom. The van der Waals surface area contributed by atoms with E-state index in [1.807, 2.05) is 0 Å². The first-order valence-electron chi connectivity index (χ1n) is 16.2. The molecule has 0 N–H and O–H groups in total. The highest BCUT2D eigenvalue weighted by atomic mass is 16.6. The van der Waals surface area contributed by atoms with Gasteiger partial charge in [0, 0.05) is 40.5 Å². The highest BCUT2D eigenvalue weighted by Crippen LogP contribution is 2.57. The monoisotopic (exact) mass is 714 g/mol. The fourth-order valence-electron chi connectivity index (χ4n) is 6.80. The molecule has 2 aliphatic heterocycles. The molecule has 2 atom stereocenters. The van der Waals surface area contributed by atoms with Crippen LogP contribution in [0.25, 0.3) is 32.7 Å². The van der Waals surface area contributed by atoms with Crippen LogP contribution in [0.1, 0.15) is 73.4 Å². The van der Waals surface area contributed by atoms with E-state index in [1.165, 1.54) is 14.2 Å². The fraction of sp³-hybridized carbons (Fsp3) is 0.316. The molecule has 14 nitrogen and oxygen atoms in total. The Balaban J connectivity index is 1.87. The minimum atomic E-state index is -0.821. The maximum atomic E-state index is 13.4. The lowest BCUT2D eigenvalue weighted by molar-refractivity contribution is -0.133. The number of methoxy groups -OCH3 is 2. The SMILES string of the molecule is COc1cc2cc3c(c(OC(C)=O)c2c(OC(C)=O)c1-c1c(OC)cc2cc4c(c(OC(C)=O)c2c1OC(C)=O)C(=O)OC(C)C4)C(=O)OC(C)C3. The molecular weight excluding hydrogens is 680 g/mol. The predicted molar refractivity (Wildman–Crippen MR) is 182 cm³/mol. The number of carbonyl (C=O) groups excluding carboxylic acids is 6. The number of fused-ring (bicyclic) bond motifs is 4. The molecule has 2 unspecified atom stereocenters. The summed E-state index contributed by atoms with van der Waals surface area (Å²) in [7, 11) is 2.70. The molecule has 270 valence electrons. The Morgan fingerprint density at radius 2 is 0.846 bits per heavy atom. The summed E-state index contributed by atoms with van der Waals surface area (Å²) in [4.78, 5) is 77.7. The van der Waals surface area contributed by atoms with Crippen molar-refractivity contribution in [2.75, 3.05) is 14.2 Å². The standard InChI is InChI=1S/C38H34O14/c1-15-9-21-11-23-13-25(45-7)31(35(51-19(5)41)27(23)33(49-17(3)39)29(21)37(43)47-15)32-26(46-8)14-24-12-22-10-16(2)48-38(44)30(22)34(50-18(4)40)28(24)36(32)52-20(6)42/h11-16H,9-10H2,1-8H3. The largest absolute Gasteiger partial charge is 0.496 e. The number of cyclic esters (lactones) is 2. The molecule has 4 aromatic carbocycles. The van der Waals surface area contributed by atoms with Gasteiger partial charge in [-0.25, -0.2) is 9.59 Å². The molecule has 0 bridgehead atoms. The third-order valence-corrected chi connectivity index (χ3v) is 8.47. The number of esters is 6. The van der Waals surface area contributed by atoms with Crippen LogP contribution in [0.2, 0.25) is 0 Å². The summed E-state index contributed by atoms with van der Waals surface area (Å²) >= 11 is 0. The quantitative estimate of drug-likeness (QED) is 0.171. The molecule has 0 radical (unpaired) electrons. The van der Waals surface area contributed by atoms with Crippen LogP contribution in [0, 0.1) is 0 Å². The zero-order chi connectivity index (χ0) is 37.8. The Hall–Kier alpha value is -6.18. The summed E-state index contributed by atoms with van der Waals surface area (Å²) in [6.07, 6.45) is -0.389. The second-order valence-corrected chi connectivity index (χ2v) is 12.5. The van der Waals surface area contributed by atoms with E-state index < -0.39 is 48.0 Å². The molecule has 0 saturated heterocycles. The molecule has 0 spiro atoms. The van der Waals surface area contributed by atoms with Crippen LogP contribution in [0.4, 0.5) is 0 Å². The van der Waals surface area contributed by atoms with Gasteiger partial charge in [0.15, 0.2) is 23.0 Å². The van der Waals surface area contributed by atoms with E-state index in [0.717, 1.165) is 27.7 Å². The molecule has 4 aromatic rings. The molecule has 0 aliphatic carbocycles. The zero-order valence-corrected chi connectivity index (χ0v) is 29.6. The highest BCUT2D eigenvalue weighted by Gasteiger charge is 2.37. The summed E-state index contributed by atoms with van der Waals surface area (Å²) in [5, 5.41) is 0.722. The molecule has 0 fully saturated rings. The number of ether oxygens (including phenoxy) is 8. The summed E-state index contributed by atoms with van der Waals surface area (Å²) < 4.78 is 45.9. The van der Waals surface area contributed by atoms with Crippen molar-refractivity contribution in [3.8, 4) is 45.6 Å². The molecule has 2 heterocycles. The van der Waals surface area contributed by atoms with Gasteiger partial charge < -0.3 is 37.9 Å². The van der Waals surface area contributed by atoms with Crippen molar-refractivity contribution in [1.82, 2.24) is 0 Å². The summed E-state index contributed by atoms with van der Waals surface area (Å²) in [5.41, 5.74) is 0.830. The molecule has 6 rings (SSSR count).